The number of rotatable bonds is 4. The van der Waals surface area contributed by atoms with E-state index in [9.17, 15) is 4.79 Å². The number of nitrogens with two attached hydrogens (primary N) is 1. The van der Waals surface area contributed by atoms with Crippen LogP contribution in [-0.2, 0) is 14.4 Å². The van der Waals surface area contributed by atoms with Gasteiger partial charge in [-0.2, -0.15) is 0 Å². The van der Waals surface area contributed by atoms with Crippen LogP contribution in [-0.4, -0.2) is 73.1 Å². The minimum atomic E-state index is -0.429. The number of nitrogens with zero attached hydrogens (tertiary/aromatic N) is 3. The Bertz CT molecular complexity index is 455. The predicted octanol–water partition coefficient (Wildman–Crippen LogP) is 0.787. The van der Waals surface area contributed by atoms with Gasteiger partial charge in [-0.1, -0.05) is 11.6 Å². The van der Waals surface area contributed by atoms with Gasteiger partial charge in [0.15, 0.2) is 6.61 Å². The molecule has 24 heavy (non-hydrogen) atoms. The standard InChI is InChI=1S/C17H30N4O3/c1-13(18)17(22)21-9-5-14(6-10-21)16-19-23-12-15(24-16)11-20-7-3-2-4-8-20/h13-15H,2-12,18H2,1H3. The molecule has 2 unspecified atom stereocenters. The Morgan fingerprint density at radius 3 is 2.62 bits per heavy atom. The number of likely N-dealkylation sites (tertiary alicyclic amines) is 2. The minimum Gasteiger partial charge on any atom is -0.470 e. The number of carbonyl (C=O) groups is 1. The molecule has 0 aromatic carbocycles. The zero-order valence-electron chi connectivity index (χ0n) is 14.7. The van der Waals surface area contributed by atoms with Gasteiger partial charge in [-0.25, -0.2) is 0 Å². The Morgan fingerprint density at radius 1 is 1.25 bits per heavy atom. The van der Waals surface area contributed by atoms with Crippen molar-refractivity contribution in [2.24, 2.45) is 16.8 Å². The molecule has 0 aromatic rings. The quantitative estimate of drug-likeness (QED) is 0.820. The minimum absolute atomic E-state index is 0.0270. The summed E-state index contributed by atoms with van der Waals surface area (Å²) >= 11 is 0. The highest BCUT2D eigenvalue weighted by atomic mass is 16.7. The van der Waals surface area contributed by atoms with Crippen LogP contribution in [0.4, 0.5) is 0 Å². The first-order valence-corrected chi connectivity index (χ1v) is 9.26. The van der Waals surface area contributed by atoms with E-state index in [1.807, 2.05) is 4.90 Å². The van der Waals surface area contributed by atoms with Gasteiger partial charge in [0.2, 0.25) is 11.8 Å². The summed E-state index contributed by atoms with van der Waals surface area (Å²) in [5, 5.41) is 4.15. The van der Waals surface area contributed by atoms with E-state index < -0.39 is 6.04 Å². The van der Waals surface area contributed by atoms with Crippen LogP contribution in [0.3, 0.4) is 0 Å². The van der Waals surface area contributed by atoms with E-state index in [2.05, 4.69) is 10.1 Å². The Morgan fingerprint density at radius 2 is 1.96 bits per heavy atom. The largest absolute Gasteiger partial charge is 0.470 e. The van der Waals surface area contributed by atoms with Crippen molar-refractivity contribution in [1.29, 1.82) is 0 Å². The molecule has 0 spiro atoms. The number of piperidine rings is 2. The maximum absolute atomic E-state index is 12.0. The average Bonchev–Trinajstić information content (AvgIpc) is 2.62. The topological polar surface area (TPSA) is 80.4 Å². The normalized spacial score (nSPS) is 27.8. The Hall–Kier alpha value is -1.34. The van der Waals surface area contributed by atoms with Crippen molar-refractivity contribution in [2.75, 3.05) is 39.3 Å². The summed E-state index contributed by atoms with van der Waals surface area (Å²) in [6, 6.07) is -0.429. The third-order valence-corrected chi connectivity index (χ3v) is 5.16. The zero-order valence-corrected chi connectivity index (χ0v) is 14.7. The number of hydrogen-bond acceptors (Lipinski definition) is 6. The third kappa shape index (κ3) is 4.39. The molecule has 3 aliphatic heterocycles. The summed E-state index contributed by atoms with van der Waals surface area (Å²) in [6.07, 6.45) is 5.68. The second kappa shape index (κ2) is 8.16. The lowest BCUT2D eigenvalue weighted by Gasteiger charge is -2.36. The highest BCUT2D eigenvalue weighted by molar-refractivity contribution is 5.82. The predicted molar refractivity (Wildman–Crippen MR) is 91.5 cm³/mol. The number of hydrogen-bond donors (Lipinski definition) is 1. The molecular formula is C17H30N4O3. The van der Waals surface area contributed by atoms with E-state index in [4.69, 9.17) is 15.3 Å². The first-order valence-electron chi connectivity index (χ1n) is 9.26. The van der Waals surface area contributed by atoms with Crippen molar-refractivity contribution >= 4 is 11.8 Å². The van der Waals surface area contributed by atoms with Crippen molar-refractivity contribution in [2.45, 2.75) is 51.2 Å². The van der Waals surface area contributed by atoms with E-state index in [-0.39, 0.29) is 17.9 Å². The molecule has 0 bridgehead atoms. The Kier molecular flexibility index (Phi) is 5.94. The Balaban J connectivity index is 1.47. The van der Waals surface area contributed by atoms with Crippen molar-refractivity contribution in [3.05, 3.63) is 0 Å². The monoisotopic (exact) mass is 338 g/mol. The molecule has 2 saturated heterocycles. The number of amides is 1. The lowest BCUT2D eigenvalue weighted by Crippen LogP contribution is -2.48. The second-order valence-electron chi connectivity index (χ2n) is 7.21. The van der Waals surface area contributed by atoms with Crippen molar-refractivity contribution < 1.29 is 14.4 Å². The molecular weight excluding hydrogens is 308 g/mol. The molecule has 2 fully saturated rings. The molecule has 0 radical (unpaired) electrons. The first kappa shape index (κ1) is 17.5. The van der Waals surface area contributed by atoms with Crippen LogP contribution < -0.4 is 5.73 Å². The molecule has 0 saturated carbocycles. The lowest BCUT2D eigenvalue weighted by atomic mass is 9.96. The number of ether oxygens (including phenoxy) is 1. The summed E-state index contributed by atoms with van der Waals surface area (Å²) in [5.74, 6) is 0.988. The zero-order chi connectivity index (χ0) is 16.9. The molecule has 7 heteroatoms. The summed E-state index contributed by atoms with van der Waals surface area (Å²) in [4.78, 5) is 21.7. The van der Waals surface area contributed by atoms with Crippen LogP contribution >= 0.6 is 0 Å². The lowest BCUT2D eigenvalue weighted by molar-refractivity contribution is -0.133. The van der Waals surface area contributed by atoms with E-state index >= 15 is 0 Å². The van der Waals surface area contributed by atoms with Crippen LogP contribution in [0.1, 0.15) is 39.0 Å². The summed E-state index contributed by atoms with van der Waals surface area (Å²) in [6.45, 7) is 6.92. The molecule has 2 N–H and O–H groups in total. The van der Waals surface area contributed by atoms with Gasteiger partial charge in [-0.3, -0.25) is 9.69 Å². The smallest absolute Gasteiger partial charge is 0.239 e. The molecule has 7 nitrogen and oxygen atoms in total. The van der Waals surface area contributed by atoms with E-state index in [1.54, 1.807) is 6.92 Å². The molecule has 3 rings (SSSR count). The van der Waals surface area contributed by atoms with Crippen molar-refractivity contribution in [1.82, 2.24) is 9.80 Å². The fourth-order valence-electron chi connectivity index (χ4n) is 3.74. The van der Waals surface area contributed by atoms with Crippen LogP contribution in [0.5, 0.6) is 0 Å². The molecule has 0 aromatic heterocycles. The highest BCUT2D eigenvalue weighted by Gasteiger charge is 2.32. The molecule has 136 valence electrons. The number of oxime groups is 1. The second-order valence-corrected chi connectivity index (χ2v) is 7.21. The van der Waals surface area contributed by atoms with Crippen LogP contribution in [0.2, 0.25) is 0 Å². The molecule has 2 atom stereocenters. The van der Waals surface area contributed by atoms with Gasteiger partial charge in [0.25, 0.3) is 0 Å². The van der Waals surface area contributed by atoms with Gasteiger partial charge in [0.1, 0.15) is 6.10 Å². The number of carbonyl (C=O) groups excluding carboxylic acids is 1. The molecule has 1 amide bonds. The average molecular weight is 338 g/mol. The van der Waals surface area contributed by atoms with E-state index in [1.165, 1.54) is 19.3 Å². The van der Waals surface area contributed by atoms with Crippen LogP contribution in [0.15, 0.2) is 5.16 Å². The summed E-state index contributed by atoms with van der Waals surface area (Å²) in [5.41, 5.74) is 5.69. The van der Waals surface area contributed by atoms with Crippen molar-refractivity contribution in [3.8, 4) is 0 Å². The molecule has 0 aliphatic carbocycles. The fourth-order valence-corrected chi connectivity index (χ4v) is 3.74. The third-order valence-electron chi connectivity index (χ3n) is 5.16. The van der Waals surface area contributed by atoms with Crippen LogP contribution in [0.25, 0.3) is 0 Å². The maximum atomic E-state index is 12.0. The van der Waals surface area contributed by atoms with Gasteiger partial charge in [0.05, 0.1) is 6.04 Å². The molecule has 3 aliphatic rings. The summed E-state index contributed by atoms with van der Waals surface area (Å²) in [7, 11) is 0. The Labute approximate surface area is 144 Å². The van der Waals surface area contributed by atoms with Gasteiger partial charge in [-0.15, -0.1) is 0 Å². The van der Waals surface area contributed by atoms with E-state index in [0.29, 0.717) is 19.7 Å². The van der Waals surface area contributed by atoms with Gasteiger partial charge in [-0.05, 0) is 45.7 Å². The summed E-state index contributed by atoms with van der Waals surface area (Å²) < 4.78 is 6.13. The highest BCUT2D eigenvalue weighted by Crippen LogP contribution is 2.23. The fraction of sp³-hybridized carbons (Fsp3) is 0.882. The van der Waals surface area contributed by atoms with Gasteiger partial charge < -0.3 is 20.2 Å². The van der Waals surface area contributed by atoms with Crippen LogP contribution in [0, 0.1) is 5.92 Å². The van der Waals surface area contributed by atoms with E-state index in [0.717, 1.165) is 38.4 Å². The van der Waals surface area contributed by atoms with Gasteiger partial charge in [0, 0.05) is 25.6 Å². The van der Waals surface area contributed by atoms with Gasteiger partial charge >= 0.3 is 0 Å². The molecule has 3 heterocycles. The van der Waals surface area contributed by atoms with Crippen molar-refractivity contribution in [3.63, 3.8) is 0 Å². The maximum Gasteiger partial charge on any atom is 0.239 e. The SMILES string of the molecule is CC(N)C(=O)N1CCC(C2=NOCC(CN3CCCCC3)O2)CC1. The first-order chi connectivity index (χ1) is 11.6.